The van der Waals surface area contributed by atoms with Crippen molar-refractivity contribution in [2.75, 3.05) is 12.4 Å². The van der Waals surface area contributed by atoms with Crippen LogP contribution in [0.4, 0.5) is 5.69 Å². The summed E-state index contributed by atoms with van der Waals surface area (Å²) in [7, 11) is 1.36. The summed E-state index contributed by atoms with van der Waals surface area (Å²) in [5.74, 6) is 0.831. The molecule has 1 heterocycles. The molecule has 1 aromatic carbocycles. The molecule has 0 saturated heterocycles. The van der Waals surface area contributed by atoms with Crippen LogP contribution < -0.4 is 5.32 Å². The molecule has 0 radical (unpaired) electrons. The third-order valence-corrected chi connectivity index (χ3v) is 7.98. The van der Waals surface area contributed by atoms with E-state index in [1.165, 1.54) is 26.4 Å². The van der Waals surface area contributed by atoms with Gasteiger partial charge in [-0.2, -0.15) is 0 Å². The summed E-state index contributed by atoms with van der Waals surface area (Å²) in [6, 6.07) is 5.92. The number of halogens is 1. The summed E-state index contributed by atoms with van der Waals surface area (Å²) < 4.78 is 5.06. The number of ether oxygens (including phenoxy) is 1. The molecule has 0 spiro atoms. The number of aryl methyl sites for hydroxylation is 1. The van der Waals surface area contributed by atoms with Gasteiger partial charge in [0.05, 0.1) is 18.2 Å². The van der Waals surface area contributed by atoms with E-state index >= 15 is 0 Å². The molecular weight excluding hydrogens is 420 g/mol. The van der Waals surface area contributed by atoms with Gasteiger partial charge in [0.25, 0.3) is 0 Å². The number of rotatable bonds is 3. The molecule has 4 saturated carbocycles. The monoisotopic (exact) mass is 444 g/mol. The van der Waals surface area contributed by atoms with Crippen LogP contribution in [0.3, 0.4) is 0 Å². The third kappa shape index (κ3) is 2.71. The number of esters is 1. The first-order valence-corrected chi connectivity index (χ1v) is 10.8. The lowest BCUT2D eigenvalue weighted by atomic mass is 9.49. The maximum Gasteiger partial charge on any atom is 0.356 e. The maximum absolute atomic E-state index is 13.6. The number of anilines is 1. The van der Waals surface area contributed by atoms with Crippen molar-refractivity contribution in [3.05, 3.63) is 29.5 Å². The summed E-state index contributed by atoms with van der Waals surface area (Å²) in [5.41, 5.74) is 2.43. The van der Waals surface area contributed by atoms with Crippen molar-refractivity contribution in [1.82, 2.24) is 4.98 Å². The topological polar surface area (TPSA) is 71.2 Å². The number of fused-ring (bicyclic) bond motifs is 1. The van der Waals surface area contributed by atoms with Crippen molar-refractivity contribution in [3.8, 4) is 0 Å². The number of hydrogen-bond acceptors (Lipinski definition) is 3. The second kappa shape index (κ2) is 6.09. The highest BCUT2D eigenvalue weighted by molar-refractivity contribution is 9.10. The fourth-order valence-corrected chi connectivity index (χ4v) is 7.81. The highest BCUT2D eigenvalue weighted by Gasteiger charge is 2.59. The lowest BCUT2D eigenvalue weighted by Gasteiger charge is -2.59. The fraction of sp³-hybridized carbons (Fsp3) is 0.545. The predicted molar refractivity (Wildman–Crippen MR) is 112 cm³/mol. The second-order valence-corrected chi connectivity index (χ2v) is 10.9. The molecule has 0 aliphatic heterocycles. The third-order valence-electron chi connectivity index (χ3n) is 7.05. The van der Waals surface area contributed by atoms with E-state index in [1.54, 1.807) is 0 Å². The molecule has 4 bridgehead atoms. The number of carbonyl (C=O) groups excluding carboxylic acids is 2. The number of methoxy groups -OCH3 is 1. The Labute approximate surface area is 172 Å². The number of benzene rings is 1. The van der Waals surface area contributed by atoms with Crippen molar-refractivity contribution in [3.63, 3.8) is 0 Å². The summed E-state index contributed by atoms with van der Waals surface area (Å²) in [6.45, 7) is 2.00. The van der Waals surface area contributed by atoms with E-state index in [1.807, 2.05) is 25.1 Å². The minimum atomic E-state index is -0.466. The van der Waals surface area contributed by atoms with Crippen LogP contribution in [-0.4, -0.2) is 28.3 Å². The number of nitrogens with one attached hydrogen (secondary N) is 2. The Bertz CT molecular complexity index is 981. The normalized spacial score (nSPS) is 33.2. The van der Waals surface area contributed by atoms with Crippen LogP contribution in [0, 0.1) is 24.2 Å². The number of aromatic amines is 1. The van der Waals surface area contributed by atoms with Gasteiger partial charge in [-0.1, -0.05) is 27.6 Å². The van der Waals surface area contributed by atoms with Crippen molar-refractivity contribution in [1.29, 1.82) is 0 Å². The van der Waals surface area contributed by atoms with E-state index in [9.17, 15) is 9.59 Å². The largest absolute Gasteiger partial charge is 0.464 e. The van der Waals surface area contributed by atoms with Crippen LogP contribution in [0.15, 0.2) is 18.2 Å². The molecule has 2 N–H and O–H groups in total. The van der Waals surface area contributed by atoms with Crippen LogP contribution >= 0.6 is 15.9 Å². The zero-order valence-electron chi connectivity index (χ0n) is 16.2. The first-order chi connectivity index (χ1) is 13.3. The van der Waals surface area contributed by atoms with Crippen molar-refractivity contribution in [2.45, 2.75) is 49.8 Å². The minimum Gasteiger partial charge on any atom is -0.464 e. The number of carbonyl (C=O) groups is 2. The number of aromatic nitrogens is 1. The zero-order chi connectivity index (χ0) is 19.7. The number of alkyl halides is 1. The lowest BCUT2D eigenvalue weighted by Crippen LogP contribution is -2.57. The summed E-state index contributed by atoms with van der Waals surface area (Å²) in [5, 5.41) is 4.01. The molecular formula is C22H25BrN2O3. The molecule has 28 heavy (non-hydrogen) atoms. The van der Waals surface area contributed by atoms with Crippen LogP contribution in [0.2, 0.25) is 0 Å². The average molecular weight is 445 g/mol. The molecule has 4 aliphatic rings. The number of amides is 1. The Morgan fingerprint density at radius 1 is 1.21 bits per heavy atom. The summed E-state index contributed by atoms with van der Waals surface area (Å²) >= 11 is 3.98. The molecule has 4 atom stereocenters. The molecule has 2 aromatic rings. The SMILES string of the molecule is COC(=O)c1[nH]c2ccc(C)cc2c1NC(=O)C12C[C@@H]3C[C@@H](CC(Br)(C3)C1)C2. The number of H-pyrrole nitrogens is 1. The van der Waals surface area contributed by atoms with E-state index in [2.05, 4.69) is 26.2 Å². The van der Waals surface area contributed by atoms with Gasteiger partial charge in [0.15, 0.2) is 0 Å². The Kier molecular flexibility index (Phi) is 3.96. The van der Waals surface area contributed by atoms with E-state index in [0.29, 0.717) is 23.2 Å². The molecule has 2 unspecified atom stereocenters. The van der Waals surface area contributed by atoms with Gasteiger partial charge >= 0.3 is 5.97 Å². The molecule has 1 aromatic heterocycles. The fourth-order valence-electron chi connectivity index (χ4n) is 6.35. The van der Waals surface area contributed by atoms with E-state index < -0.39 is 5.97 Å². The van der Waals surface area contributed by atoms with E-state index in [4.69, 9.17) is 4.74 Å². The minimum absolute atomic E-state index is 0.0537. The van der Waals surface area contributed by atoms with Gasteiger partial charge in [0.2, 0.25) is 5.91 Å². The highest BCUT2D eigenvalue weighted by Crippen LogP contribution is 2.64. The van der Waals surface area contributed by atoms with E-state index in [-0.39, 0.29) is 15.6 Å². The van der Waals surface area contributed by atoms with Crippen molar-refractivity contribution in [2.24, 2.45) is 17.3 Å². The van der Waals surface area contributed by atoms with Gasteiger partial charge in [-0.15, -0.1) is 0 Å². The smallest absolute Gasteiger partial charge is 0.356 e. The van der Waals surface area contributed by atoms with Crippen LogP contribution in [0.5, 0.6) is 0 Å². The molecule has 148 valence electrons. The van der Waals surface area contributed by atoms with Crippen LogP contribution in [0.25, 0.3) is 10.9 Å². The Balaban J connectivity index is 1.54. The second-order valence-electron chi connectivity index (χ2n) is 9.26. The van der Waals surface area contributed by atoms with Gasteiger partial charge in [0, 0.05) is 15.2 Å². The van der Waals surface area contributed by atoms with Crippen LogP contribution in [-0.2, 0) is 9.53 Å². The van der Waals surface area contributed by atoms with E-state index in [0.717, 1.165) is 35.7 Å². The number of hydrogen-bond donors (Lipinski definition) is 2. The van der Waals surface area contributed by atoms with Crippen LogP contribution in [0.1, 0.15) is 54.6 Å². The highest BCUT2D eigenvalue weighted by atomic mass is 79.9. The van der Waals surface area contributed by atoms with Gasteiger partial charge in [0.1, 0.15) is 5.69 Å². The molecule has 4 fully saturated rings. The van der Waals surface area contributed by atoms with Crippen molar-refractivity contribution >= 4 is 44.4 Å². The van der Waals surface area contributed by atoms with Gasteiger partial charge < -0.3 is 15.0 Å². The molecule has 6 rings (SSSR count). The average Bonchev–Trinajstić information content (AvgIpc) is 2.97. The van der Waals surface area contributed by atoms with Gasteiger partial charge in [-0.3, -0.25) is 4.79 Å². The molecule has 5 nitrogen and oxygen atoms in total. The summed E-state index contributed by atoms with van der Waals surface area (Å²) in [4.78, 5) is 29.1. The van der Waals surface area contributed by atoms with Gasteiger partial charge in [-0.25, -0.2) is 4.79 Å². The quantitative estimate of drug-likeness (QED) is 0.520. The summed E-state index contributed by atoms with van der Waals surface area (Å²) in [6.07, 6.45) is 6.40. The Morgan fingerprint density at radius 2 is 1.93 bits per heavy atom. The molecule has 6 heteroatoms. The zero-order valence-corrected chi connectivity index (χ0v) is 17.8. The van der Waals surface area contributed by atoms with Gasteiger partial charge in [-0.05, 0) is 69.4 Å². The molecule has 4 aliphatic carbocycles. The van der Waals surface area contributed by atoms with Crippen molar-refractivity contribution < 1.29 is 14.3 Å². The Hall–Kier alpha value is -1.82. The predicted octanol–water partition coefficient (Wildman–Crippen LogP) is 4.94. The lowest BCUT2D eigenvalue weighted by molar-refractivity contribution is -0.138. The standard InChI is InChI=1S/C22H25BrN2O3/c1-12-3-4-16-15(5-12)17(18(24-16)19(26)28-2)25-20(27)21-7-13-6-14(8-21)10-22(23,9-13)11-21/h3-5,13-14,24H,6-11H2,1-2H3,(H,25,27)/t13-,14+,21?,22?. The first-order valence-electron chi connectivity index (χ1n) is 10.0. The first kappa shape index (κ1) is 18.2. The maximum atomic E-state index is 13.6. The molecule has 1 amide bonds. The Morgan fingerprint density at radius 3 is 2.57 bits per heavy atom.